The largest absolute Gasteiger partial charge is 0.347 e. The molecule has 4 nitrogen and oxygen atoms in total. The summed E-state index contributed by atoms with van der Waals surface area (Å²) in [6.07, 6.45) is 9.91. The van der Waals surface area contributed by atoms with Gasteiger partial charge in [0.25, 0.3) is 5.91 Å². The molecule has 1 aliphatic carbocycles. The number of amides is 1. The molecule has 22 heavy (non-hydrogen) atoms. The second kappa shape index (κ2) is 11.2. The van der Waals surface area contributed by atoms with Crippen molar-refractivity contribution in [2.45, 2.75) is 57.9 Å². The third-order valence-electron chi connectivity index (χ3n) is 4.03. The number of carbonyl (C=O) groups is 1. The van der Waals surface area contributed by atoms with E-state index in [1.807, 2.05) is 0 Å². The van der Waals surface area contributed by atoms with E-state index in [0.717, 1.165) is 17.8 Å². The van der Waals surface area contributed by atoms with E-state index in [2.05, 4.69) is 17.2 Å². The van der Waals surface area contributed by atoms with Crippen LogP contribution in [-0.4, -0.2) is 23.5 Å². The summed E-state index contributed by atoms with van der Waals surface area (Å²) < 4.78 is 0. The van der Waals surface area contributed by atoms with Crippen molar-refractivity contribution in [1.29, 1.82) is 0 Å². The van der Waals surface area contributed by atoms with Crippen molar-refractivity contribution in [1.82, 2.24) is 10.3 Å². The summed E-state index contributed by atoms with van der Waals surface area (Å²) in [6.45, 7) is 2.64. The van der Waals surface area contributed by atoms with Crippen LogP contribution in [0, 0.1) is 5.92 Å². The zero-order valence-electron chi connectivity index (χ0n) is 13.0. The summed E-state index contributed by atoms with van der Waals surface area (Å²) in [5.41, 5.74) is 5.86. The summed E-state index contributed by atoms with van der Waals surface area (Å²) in [4.78, 5) is 17.3. The molecule has 1 heterocycles. The van der Waals surface area contributed by atoms with Crippen LogP contribution in [0.4, 0.5) is 0 Å². The zero-order valence-corrected chi connectivity index (χ0v) is 15.5. The lowest BCUT2D eigenvalue weighted by Crippen LogP contribution is -2.45. The first-order chi connectivity index (χ1) is 9.74. The van der Waals surface area contributed by atoms with Gasteiger partial charge in [-0.15, -0.1) is 36.2 Å². The highest BCUT2D eigenvalue weighted by atomic mass is 35.5. The molecule has 0 radical (unpaired) electrons. The van der Waals surface area contributed by atoms with E-state index in [1.54, 1.807) is 6.20 Å². The van der Waals surface area contributed by atoms with Crippen LogP contribution >= 0.6 is 36.2 Å². The van der Waals surface area contributed by atoms with Crippen LogP contribution in [0.25, 0.3) is 0 Å². The average molecular weight is 368 g/mol. The molecular weight excluding hydrogens is 341 g/mol. The molecule has 1 aliphatic rings. The predicted octanol–water partition coefficient (Wildman–Crippen LogP) is 3.58. The molecule has 1 fully saturated rings. The predicted molar refractivity (Wildman–Crippen MR) is 97.5 cm³/mol. The minimum absolute atomic E-state index is 0. The first-order valence-corrected chi connectivity index (χ1v) is 8.52. The first-order valence-electron chi connectivity index (χ1n) is 7.70. The molecule has 0 aliphatic heterocycles. The monoisotopic (exact) mass is 367 g/mol. The molecule has 0 bridgehead atoms. The number of hydrogen-bond acceptors (Lipinski definition) is 4. The molecule has 3 N–H and O–H groups in total. The molecule has 1 atom stereocenters. The molecular formula is C15H27Cl2N3OS. The number of rotatable bonds is 6. The molecule has 7 heteroatoms. The highest BCUT2D eigenvalue weighted by Crippen LogP contribution is 2.26. The van der Waals surface area contributed by atoms with Crippen LogP contribution in [-0.2, 0) is 6.42 Å². The van der Waals surface area contributed by atoms with E-state index >= 15 is 0 Å². The van der Waals surface area contributed by atoms with Gasteiger partial charge in [-0.2, -0.15) is 0 Å². The van der Waals surface area contributed by atoms with Gasteiger partial charge in [-0.25, -0.2) is 4.98 Å². The van der Waals surface area contributed by atoms with Crippen LogP contribution < -0.4 is 11.1 Å². The minimum Gasteiger partial charge on any atom is -0.347 e. The zero-order chi connectivity index (χ0) is 14.4. The SMILES string of the molecule is CCCc1ncc(C(=O)NC(CN)C2CCCCC2)s1.Cl.Cl. The second-order valence-corrected chi connectivity index (χ2v) is 6.70. The summed E-state index contributed by atoms with van der Waals surface area (Å²) in [5, 5.41) is 4.16. The van der Waals surface area contributed by atoms with Gasteiger partial charge in [0.1, 0.15) is 4.88 Å². The number of thiazole rings is 1. The Morgan fingerprint density at radius 2 is 2.09 bits per heavy atom. The highest BCUT2D eigenvalue weighted by Gasteiger charge is 2.24. The molecule has 1 saturated carbocycles. The molecule has 1 unspecified atom stereocenters. The molecule has 1 aromatic heterocycles. The van der Waals surface area contributed by atoms with Crippen molar-refractivity contribution < 1.29 is 4.79 Å². The number of aromatic nitrogens is 1. The Balaban J connectivity index is 0.00000220. The fraction of sp³-hybridized carbons (Fsp3) is 0.733. The number of nitrogens with two attached hydrogens (primary N) is 1. The molecule has 2 rings (SSSR count). The molecule has 128 valence electrons. The topological polar surface area (TPSA) is 68.0 Å². The lowest BCUT2D eigenvalue weighted by molar-refractivity contribution is 0.0919. The van der Waals surface area contributed by atoms with Crippen molar-refractivity contribution in [3.8, 4) is 0 Å². The number of nitrogens with one attached hydrogen (secondary N) is 1. The number of halogens is 2. The number of aryl methyl sites for hydroxylation is 1. The van der Waals surface area contributed by atoms with E-state index in [9.17, 15) is 4.79 Å². The number of nitrogens with zero attached hydrogens (tertiary/aromatic N) is 1. The van der Waals surface area contributed by atoms with E-state index in [4.69, 9.17) is 5.73 Å². The van der Waals surface area contributed by atoms with E-state index < -0.39 is 0 Å². The smallest absolute Gasteiger partial charge is 0.263 e. The van der Waals surface area contributed by atoms with Gasteiger partial charge >= 0.3 is 0 Å². The normalized spacial score (nSPS) is 16.3. The third-order valence-corrected chi connectivity index (χ3v) is 5.09. The van der Waals surface area contributed by atoms with E-state index in [0.29, 0.717) is 17.3 Å². The first kappa shape index (κ1) is 21.6. The standard InChI is InChI=1S/C15H25N3OS.2ClH/c1-2-6-14-17-10-13(20-14)15(19)18-12(9-16)11-7-4-3-5-8-11;;/h10-12H,2-9,16H2,1H3,(H,18,19);2*1H. The van der Waals surface area contributed by atoms with Gasteiger partial charge in [0.2, 0.25) is 0 Å². The van der Waals surface area contributed by atoms with Gasteiger partial charge in [0.15, 0.2) is 0 Å². The Labute approximate surface area is 149 Å². The third kappa shape index (κ3) is 6.03. The lowest BCUT2D eigenvalue weighted by atomic mass is 9.84. The van der Waals surface area contributed by atoms with Gasteiger partial charge < -0.3 is 11.1 Å². The van der Waals surface area contributed by atoms with Gasteiger partial charge in [-0.05, 0) is 31.6 Å². The van der Waals surface area contributed by atoms with Gasteiger partial charge in [0, 0.05) is 12.6 Å². The Morgan fingerprint density at radius 3 is 2.68 bits per heavy atom. The molecule has 0 saturated heterocycles. The summed E-state index contributed by atoms with van der Waals surface area (Å²) >= 11 is 1.50. The number of hydrogen-bond donors (Lipinski definition) is 2. The Kier molecular flexibility index (Phi) is 11.0. The lowest BCUT2D eigenvalue weighted by Gasteiger charge is -2.29. The van der Waals surface area contributed by atoms with E-state index in [1.165, 1.54) is 43.4 Å². The maximum absolute atomic E-state index is 12.3. The van der Waals surface area contributed by atoms with Crippen molar-refractivity contribution in [2.24, 2.45) is 11.7 Å². The summed E-state index contributed by atoms with van der Waals surface area (Å²) in [7, 11) is 0. The maximum atomic E-state index is 12.3. The highest BCUT2D eigenvalue weighted by molar-refractivity contribution is 7.13. The molecule has 1 amide bonds. The Bertz CT molecular complexity index is 436. The minimum atomic E-state index is -0.00845. The fourth-order valence-electron chi connectivity index (χ4n) is 2.89. The van der Waals surface area contributed by atoms with Crippen LogP contribution in [0.5, 0.6) is 0 Å². The molecule has 0 spiro atoms. The second-order valence-electron chi connectivity index (χ2n) is 5.58. The van der Waals surface area contributed by atoms with Crippen LogP contribution in [0.1, 0.15) is 60.1 Å². The molecule has 0 aromatic carbocycles. The van der Waals surface area contributed by atoms with Crippen LogP contribution in [0.2, 0.25) is 0 Å². The fourth-order valence-corrected chi connectivity index (χ4v) is 3.81. The quantitative estimate of drug-likeness (QED) is 0.807. The van der Waals surface area contributed by atoms with Crippen molar-refractivity contribution in [3.05, 3.63) is 16.1 Å². The van der Waals surface area contributed by atoms with Crippen molar-refractivity contribution >= 4 is 42.1 Å². The van der Waals surface area contributed by atoms with Gasteiger partial charge in [-0.3, -0.25) is 4.79 Å². The Morgan fingerprint density at radius 1 is 1.41 bits per heavy atom. The van der Waals surface area contributed by atoms with Crippen LogP contribution in [0.3, 0.4) is 0 Å². The number of carbonyl (C=O) groups excluding carboxylic acids is 1. The van der Waals surface area contributed by atoms with Gasteiger partial charge in [-0.1, -0.05) is 26.2 Å². The van der Waals surface area contributed by atoms with Crippen LogP contribution in [0.15, 0.2) is 6.20 Å². The van der Waals surface area contributed by atoms with Crippen molar-refractivity contribution in [2.75, 3.05) is 6.54 Å². The van der Waals surface area contributed by atoms with E-state index in [-0.39, 0.29) is 36.8 Å². The van der Waals surface area contributed by atoms with Crippen molar-refractivity contribution in [3.63, 3.8) is 0 Å². The Hall–Kier alpha value is -0.360. The summed E-state index contributed by atoms with van der Waals surface area (Å²) in [5.74, 6) is 0.534. The maximum Gasteiger partial charge on any atom is 0.263 e. The average Bonchev–Trinajstić information content (AvgIpc) is 2.94. The van der Waals surface area contributed by atoms with Gasteiger partial charge in [0.05, 0.1) is 11.2 Å². The summed E-state index contributed by atoms with van der Waals surface area (Å²) in [6, 6.07) is 0.111. The molecule has 1 aromatic rings.